The number of nitrogens with one attached hydrogen (secondary N) is 2. The van der Waals surface area contributed by atoms with Crippen LogP contribution in [0.2, 0.25) is 0 Å². The van der Waals surface area contributed by atoms with Gasteiger partial charge in [-0.15, -0.1) is 0 Å². The molecule has 0 aliphatic carbocycles. The number of fused-ring (bicyclic) bond motifs is 1. The molecular weight excluding hydrogens is 302 g/mol. The number of likely N-dealkylation sites (N-methyl/N-ethyl adjacent to an activating group) is 1. The Bertz CT molecular complexity index is 416. The molecule has 0 bridgehead atoms. The number of hydrogen-bond acceptors (Lipinski definition) is 4. The molecule has 6 nitrogen and oxygen atoms in total. The van der Waals surface area contributed by atoms with Crippen molar-refractivity contribution in [1.82, 2.24) is 20.4 Å². The topological polar surface area (TPSA) is 52.1 Å². The zero-order chi connectivity index (χ0) is 16.8. The number of ether oxygens (including phenoxy) is 1. The lowest BCUT2D eigenvalue weighted by atomic mass is 10.2. The average molecular weight is 338 g/mol. The van der Waals surface area contributed by atoms with E-state index in [-0.39, 0.29) is 6.10 Å². The Morgan fingerprint density at radius 3 is 2.88 bits per heavy atom. The molecule has 0 aromatic rings. The normalized spacial score (nSPS) is 32.1. The molecule has 138 valence electrons. The standard InChI is InChI=1S/C18H35N5O/c1-3-19-18(20-11-15-7-5-9-22(15)4-2)21-12-17-13-23-10-6-8-16(23)14-24-17/h15-17H,3-14H2,1-2H3,(H2,19,20,21). The van der Waals surface area contributed by atoms with E-state index in [1.54, 1.807) is 0 Å². The molecule has 0 spiro atoms. The lowest BCUT2D eigenvalue weighted by molar-refractivity contribution is -0.0453. The lowest BCUT2D eigenvalue weighted by Gasteiger charge is -2.35. The smallest absolute Gasteiger partial charge is 0.191 e. The van der Waals surface area contributed by atoms with Crippen molar-refractivity contribution in [3.8, 4) is 0 Å². The molecule has 3 atom stereocenters. The third-order valence-electron chi connectivity index (χ3n) is 5.67. The van der Waals surface area contributed by atoms with Gasteiger partial charge in [-0.3, -0.25) is 14.8 Å². The van der Waals surface area contributed by atoms with Crippen LogP contribution in [0.25, 0.3) is 0 Å². The number of morpholine rings is 1. The summed E-state index contributed by atoms with van der Waals surface area (Å²) >= 11 is 0. The van der Waals surface area contributed by atoms with Gasteiger partial charge < -0.3 is 15.4 Å². The molecule has 3 fully saturated rings. The highest BCUT2D eigenvalue weighted by Gasteiger charge is 2.32. The summed E-state index contributed by atoms with van der Waals surface area (Å²) < 4.78 is 6.04. The maximum absolute atomic E-state index is 6.04. The third-order valence-corrected chi connectivity index (χ3v) is 5.67. The summed E-state index contributed by atoms with van der Waals surface area (Å²) in [7, 11) is 0. The van der Waals surface area contributed by atoms with Crippen molar-refractivity contribution in [2.75, 3.05) is 52.4 Å². The molecule has 0 aromatic carbocycles. The van der Waals surface area contributed by atoms with Crippen molar-refractivity contribution >= 4 is 5.96 Å². The molecule has 3 saturated heterocycles. The molecule has 3 unspecified atom stereocenters. The number of nitrogens with zero attached hydrogens (tertiary/aromatic N) is 3. The molecule has 24 heavy (non-hydrogen) atoms. The number of aliphatic imine (C=N–C) groups is 1. The number of likely N-dealkylation sites (tertiary alicyclic amines) is 1. The number of hydrogen-bond donors (Lipinski definition) is 2. The Morgan fingerprint density at radius 1 is 1.17 bits per heavy atom. The molecule has 3 aliphatic rings. The van der Waals surface area contributed by atoms with E-state index in [1.807, 2.05) is 0 Å². The molecule has 0 amide bonds. The molecule has 6 heteroatoms. The summed E-state index contributed by atoms with van der Waals surface area (Å²) in [6.45, 7) is 12.6. The minimum atomic E-state index is 0.279. The lowest BCUT2D eigenvalue weighted by Crippen LogP contribution is -2.51. The van der Waals surface area contributed by atoms with Crippen molar-refractivity contribution in [3.05, 3.63) is 0 Å². The van der Waals surface area contributed by atoms with Crippen LogP contribution in [0.5, 0.6) is 0 Å². The summed E-state index contributed by atoms with van der Waals surface area (Å²) in [4.78, 5) is 9.97. The molecule has 0 aromatic heterocycles. The fourth-order valence-electron chi connectivity index (χ4n) is 4.28. The first-order valence-corrected chi connectivity index (χ1v) is 9.92. The molecule has 3 aliphatic heterocycles. The quantitative estimate of drug-likeness (QED) is 0.557. The minimum absolute atomic E-state index is 0.279. The Kier molecular flexibility index (Phi) is 6.75. The van der Waals surface area contributed by atoms with E-state index in [0.717, 1.165) is 45.3 Å². The second kappa shape index (κ2) is 9.02. The van der Waals surface area contributed by atoms with Crippen LogP contribution in [0.4, 0.5) is 0 Å². The molecule has 3 rings (SSSR count). The summed E-state index contributed by atoms with van der Waals surface area (Å²) in [6.07, 6.45) is 5.50. The first-order valence-electron chi connectivity index (χ1n) is 9.92. The summed E-state index contributed by atoms with van der Waals surface area (Å²) in [6, 6.07) is 1.28. The van der Waals surface area contributed by atoms with Crippen LogP contribution in [0, 0.1) is 0 Å². The SMILES string of the molecule is CCNC(=NCC1CCCN1CC)NCC1CN2CCCC2CO1. The highest BCUT2D eigenvalue weighted by Crippen LogP contribution is 2.22. The second-order valence-corrected chi connectivity index (χ2v) is 7.27. The van der Waals surface area contributed by atoms with Crippen LogP contribution in [-0.4, -0.2) is 86.4 Å². The van der Waals surface area contributed by atoms with Crippen molar-refractivity contribution in [2.45, 2.75) is 57.7 Å². The number of rotatable bonds is 6. The fourth-order valence-corrected chi connectivity index (χ4v) is 4.28. The van der Waals surface area contributed by atoms with Crippen LogP contribution >= 0.6 is 0 Å². The molecular formula is C18H35N5O. The van der Waals surface area contributed by atoms with E-state index in [9.17, 15) is 0 Å². The predicted molar refractivity (Wildman–Crippen MR) is 98.6 cm³/mol. The van der Waals surface area contributed by atoms with Gasteiger partial charge in [0.15, 0.2) is 5.96 Å². The zero-order valence-electron chi connectivity index (χ0n) is 15.5. The Labute approximate surface area is 147 Å². The van der Waals surface area contributed by atoms with Gasteiger partial charge in [0.25, 0.3) is 0 Å². The largest absolute Gasteiger partial charge is 0.373 e. The van der Waals surface area contributed by atoms with Gasteiger partial charge in [0.1, 0.15) is 0 Å². The van der Waals surface area contributed by atoms with Gasteiger partial charge in [-0.1, -0.05) is 6.92 Å². The summed E-state index contributed by atoms with van der Waals surface area (Å²) in [5.41, 5.74) is 0. The van der Waals surface area contributed by atoms with Crippen LogP contribution in [0.1, 0.15) is 39.5 Å². The highest BCUT2D eigenvalue weighted by atomic mass is 16.5. The molecule has 0 saturated carbocycles. The van der Waals surface area contributed by atoms with E-state index in [2.05, 4.69) is 34.3 Å². The first kappa shape index (κ1) is 18.0. The van der Waals surface area contributed by atoms with Crippen LogP contribution in [0.15, 0.2) is 4.99 Å². The van der Waals surface area contributed by atoms with Gasteiger partial charge in [0.2, 0.25) is 0 Å². The number of guanidine groups is 1. The van der Waals surface area contributed by atoms with Gasteiger partial charge in [-0.25, -0.2) is 0 Å². The van der Waals surface area contributed by atoms with E-state index >= 15 is 0 Å². The predicted octanol–water partition coefficient (Wildman–Crippen LogP) is 0.889. The zero-order valence-corrected chi connectivity index (χ0v) is 15.5. The van der Waals surface area contributed by atoms with E-state index in [4.69, 9.17) is 9.73 Å². The highest BCUT2D eigenvalue weighted by molar-refractivity contribution is 5.79. The summed E-state index contributed by atoms with van der Waals surface area (Å²) in [5, 5.41) is 6.87. The minimum Gasteiger partial charge on any atom is -0.373 e. The monoisotopic (exact) mass is 337 g/mol. The van der Waals surface area contributed by atoms with Gasteiger partial charge in [0, 0.05) is 31.7 Å². The maximum Gasteiger partial charge on any atom is 0.191 e. The Morgan fingerprint density at radius 2 is 2.04 bits per heavy atom. The van der Waals surface area contributed by atoms with Gasteiger partial charge >= 0.3 is 0 Å². The van der Waals surface area contributed by atoms with Crippen molar-refractivity contribution < 1.29 is 4.74 Å². The van der Waals surface area contributed by atoms with E-state index in [0.29, 0.717) is 12.1 Å². The fraction of sp³-hybridized carbons (Fsp3) is 0.944. The van der Waals surface area contributed by atoms with Gasteiger partial charge in [0.05, 0.1) is 19.3 Å². The van der Waals surface area contributed by atoms with Gasteiger partial charge in [-0.2, -0.15) is 0 Å². The summed E-state index contributed by atoms with van der Waals surface area (Å²) in [5.74, 6) is 0.938. The van der Waals surface area contributed by atoms with Crippen LogP contribution < -0.4 is 10.6 Å². The molecule has 2 N–H and O–H groups in total. The van der Waals surface area contributed by atoms with E-state index in [1.165, 1.54) is 38.8 Å². The average Bonchev–Trinajstić information content (AvgIpc) is 3.25. The van der Waals surface area contributed by atoms with Crippen molar-refractivity contribution in [1.29, 1.82) is 0 Å². The first-order chi connectivity index (χ1) is 11.8. The second-order valence-electron chi connectivity index (χ2n) is 7.27. The van der Waals surface area contributed by atoms with Crippen LogP contribution in [0.3, 0.4) is 0 Å². The van der Waals surface area contributed by atoms with Crippen molar-refractivity contribution in [2.24, 2.45) is 4.99 Å². The Balaban J connectivity index is 1.45. The third kappa shape index (κ3) is 4.61. The van der Waals surface area contributed by atoms with Gasteiger partial charge in [-0.05, 0) is 52.2 Å². The van der Waals surface area contributed by atoms with Crippen LogP contribution in [-0.2, 0) is 4.74 Å². The molecule has 0 radical (unpaired) electrons. The Hall–Kier alpha value is -0.850. The molecule has 3 heterocycles. The van der Waals surface area contributed by atoms with E-state index < -0.39 is 0 Å². The van der Waals surface area contributed by atoms with Crippen molar-refractivity contribution in [3.63, 3.8) is 0 Å². The maximum atomic E-state index is 6.04.